The number of aliphatic imine (C=N–C) groups is 1. The van der Waals surface area contributed by atoms with Gasteiger partial charge in [-0.15, -0.1) is 24.0 Å². The van der Waals surface area contributed by atoms with Gasteiger partial charge in [0.05, 0.1) is 0 Å². The van der Waals surface area contributed by atoms with E-state index in [4.69, 9.17) is 0 Å². The highest BCUT2D eigenvalue weighted by Crippen LogP contribution is 2.24. The summed E-state index contributed by atoms with van der Waals surface area (Å²) in [6, 6.07) is 11.4. The molecule has 0 amide bonds. The smallest absolute Gasteiger partial charge is 0.190 e. The van der Waals surface area contributed by atoms with Crippen molar-refractivity contribution >= 4 is 41.7 Å². The molecule has 0 aliphatic carbocycles. The van der Waals surface area contributed by atoms with Crippen LogP contribution < -0.4 is 10.6 Å². The van der Waals surface area contributed by atoms with Crippen molar-refractivity contribution in [1.29, 1.82) is 0 Å². The van der Waals surface area contributed by atoms with E-state index >= 15 is 0 Å². The summed E-state index contributed by atoms with van der Waals surface area (Å²) in [5.41, 5.74) is 1.43. The second kappa shape index (κ2) is 15.3. The standard InChI is InChI=1S/C21H37N5S.HI/c1-22-21(23-12-7-8-17-27-3)24-13-9-14-26-16-15-25(2)18-20(26)19-10-5-4-6-11-19;/h4-6,10-11,20H,7-9,12-18H2,1-3H3,(H2,22,23,24);1H. The highest BCUT2D eigenvalue weighted by atomic mass is 127. The second-order valence-corrected chi connectivity index (χ2v) is 8.19. The van der Waals surface area contributed by atoms with Gasteiger partial charge in [-0.25, -0.2) is 0 Å². The fraction of sp³-hybridized carbons (Fsp3) is 0.667. The lowest BCUT2D eigenvalue weighted by Gasteiger charge is -2.40. The molecule has 1 atom stereocenters. The molecule has 0 saturated carbocycles. The van der Waals surface area contributed by atoms with Crippen LogP contribution in [0.2, 0.25) is 0 Å². The Kier molecular flexibility index (Phi) is 14.0. The van der Waals surface area contributed by atoms with Crippen LogP contribution in [0.1, 0.15) is 30.9 Å². The van der Waals surface area contributed by atoms with E-state index < -0.39 is 0 Å². The van der Waals surface area contributed by atoms with Crippen LogP contribution >= 0.6 is 35.7 Å². The largest absolute Gasteiger partial charge is 0.356 e. The summed E-state index contributed by atoms with van der Waals surface area (Å²) in [6.45, 7) is 6.46. The molecular formula is C21H38IN5S. The van der Waals surface area contributed by atoms with Gasteiger partial charge in [0.25, 0.3) is 0 Å². The Balaban J connectivity index is 0.00000392. The van der Waals surface area contributed by atoms with Crippen molar-refractivity contribution in [1.82, 2.24) is 20.4 Å². The molecule has 0 aromatic heterocycles. The zero-order valence-corrected chi connectivity index (χ0v) is 20.8. The number of unbranched alkanes of at least 4 members (excludes halogenated alkanes) is 1. The number of thioether (sulfide) groups is 1. The summed E-state index contributed by atoms with van der Waals surface area (Å²) in [7, 11) is 4.08. The van der Waals surface area contributed by atoms with Crippen LogP contribution in [0.4, 0.5) is 0 Å². The van der Waals surface area contributed by atoms with Crippen LogP contribution in [0.25, 0.3) is 0 Å². The van der Waals surface area contributed by atoms with Crippen LogP contribution in [-0.4, -0.2) is 81.1 Å². The maximum absolute atomic E-state index is 4.33. The van der Waals surface area contributed by atoms with Crippen molar-refractivity contribution in [2.75, 3.05) is 65.4 Å². The number of hydrogen-bond donors (Lipinski definition) is 2. The Labute approximate surface area is 193 Å². The van der Waals surface area contributed by atoms with Gasteiger partial charge in [0, 0.05) is 52.4 Å². The second-order valence-electron chi connectivity index (χ2n) is 7.20. The van der Waals surface area contributed by atoms with Gasteiger partial charge in [0.1, 0.15) is 0 Å². The van der Waals surface area contributed by atoms with Crippen LogP contribution in [0.15, 0.2) is 35.3 Å². The Morgan fingerprint density at radius 1 is 1.11 bits per heavy atom. The summed E-state index contributed by atoms with van der Waals surface area (Å²) in [5, 5.41) is 6.88. The molecule has 5 nitrogen and oxygen atoms in total. The van der Waals surface area contributed by atoms with Gasteiger partial charge in [-0.1, -0.05) is 30.3 Å². The van der Waals surface area contributed by atoms with Crippen molar-refractivity contribution in [3.8, 4) is 0 Å². The third-order valence-electron chi connectivity index (χ3n) is 5.08. The SMILES string of the molecule is CN=C(NCCCCSC)NCCCN1CCN(C)CC1c1ccccc1.I. The summed E-state index contributed by atoms with van der Waals surface area (Å²) >= 11 is 1.91. The maximum Gasteiger partial charge on any atom is 0.190 e. The van der Waals surface area contributed by atoms with Crippen LogP contribution in [-0.2, 0) is 0 Å². The quantitative estimate of drug-likeness (QED) is 0.215. The van der Waals surface area contributed by atoms with E-state index in [1.54, 1.807) is 0 Å². The minimum absolute atomic E-state index is 0. The zero-order valence-electron chi connectivity index (χ0n) is 17.7. The highest BCUT2D eigenvalue weighted by molar-refractivity contribution is 14.0. The summed E-state index contributed by atoms with van der Waals surface area (Å²) < 4.78 is 0. The molecule has 1 fully saturated rings. The molecular weight excluding hydrogens is 481 g/mol. The molecule has 1 unspecified atom stereocenters. The van der Waals surface area contributed by atoms with E-state index in [-0.39, 0.29) is 24.0 Å². The van der Waals surface area contributed by atoms with Crippen molar-refractivity contribution in [2.24, 2.45) is 4.99 Å². The summed E-state index contributed by atoms with van der Waals surface area (Å²) in [5.74, 6) is 2.17. The number of halogens is 1. The first-order chi connectivity index (χ1) is 13.2. The van der Waals surface area contributed by atoms with Crippen molar-refractivity contribution in [2.45, 2.75) is 25.3 Å². The van der Waals surface area contributed by atoms with Gasteiger partial charge in [-0.2, -0.15) is 11.8 Å². The molecule has 1 aromatic carbocycles. The highest BCUT2D eigenvalue weighted by Gasteiger charge is 2.25. The lowest BCUT2D eigenvalue weighted by atomic mass is 10.0. The van der Waals surface area contributed by atoms with Gasteiger partial charge >= 0.3 is 0 Å². The lowest BCUT2D eigenvalue weighted by molar-refractivity contribution is 0.0891. The molecule has 2 rings (SSSR count). The van der Waals surface area contributed by atoms with Gasteiger partial charge in [-0.3, -0.25) is 9.89 Å². The first-order valence-electron chi connectivity index (χ1n) is 10.2. The van der Waals surface area contributed by atoms with Crippen LogP contribution in [0, 0.1) is 0 Å². The predicted molar refractivity (Wildman–Crippen MR) is 135 cm³/mol. The van der Waals surface area contributed by atoms with Crippen molar-refractivity contribution in [3.05, 3.63) is 35.9 Å². The monoisotopic (exact) mass is 519 g/mol. The number of benzene rings is 1. The molecule has 1 heterocycles. The minimum atomic E-state index is 0. The average molecular weight is 520 g/mol. The molecule has 0 radical (unpaired) electrons. The van der Waals surface area contributed by atoms with Crippen LogP contribution in [0.5, 0.6) is 0 Å². The summed E-state index contributed by atoms with van der Waals surface area (Å²) in [4.78, 5) is 9.41. The molecule has 28 heavy (non-hydrogen) atoms. The van der Waals surface area contributed by atoms with E-state index in [9.17, 15) is 0 Å². The molecule has 1 aromatic rings. The lowest BCUT2D eigenvalue weighted by Crippen LogP contribution is -2.47. The minimum Gasteiger partial charge on any atom is -0.356 e. The first kappa shape index (κ1) is 25.5. The molecule has 0 spiro atoms. The fourth-order valence-electron chi connectivity index (χ4n) is 3.50. The Bertz CT molecular complexity index is 543. The van der Waals surface area contributed by atoms with E-state index in [1.807, 2.05) is 18.8 Å². The molecule has 1 saturated heterocycles. The van der Waals surface area contributed by atoms with E-state index in [0.717, 1.165) is 51.6 Å². The predicted octanol–water partition coefficient (Wildman–Crippen LogP) is 3.29. The van der Waals surface area contributed by atoms with Gasteiger partial charge < -0.3 is 15.5 Å². The third kappa shape index (κ3) is 9.33. The Morgan fingerprint density at radius 2 is 1.82 bits per heavy atom. The third-order valence-corrected chi connectivity index (χ3v) is 5.78. The topological polar surface area (TPSA) is 42.9 Å². The molecule has 1 aliphatic rings. The van der Waals surface area contributed by atoms with Crippen LogP contribution in [0.3, 0.4) is 0 Å². The molecule has 0 bridgehead atoms. The Morgan fingerprint density at radius 3 is 2.50 bits per heavy atom. The van der Waals surface area contributed by atoms with E-state index in [0.29, 0.717) is 6.04 Å². The van der Waals surface area contributed by atoms with Gasteiger partial charge in [-0.05, 0) is 43.9 Å². The number of guanidine groups is 1. The number of nitrogens with one attached hydrogen (secondary N) is 2. The van der Waals surface area contributed by atoms with Gasteiger partial charge in [0.2, 0.25) is 0 Å². The number of rotatable bonds is 10. The number of likely N-dealkylation sites (N-methyl/N-ethyl adjacent to an activating group) is 1. The van der Waals surface area contributed by atoms with E-state index in [1.165, 1.54) is 24.2 Å². The molecule has 160 valence electrons. The molecule has 1 aliphatic heterocycles. The fourth-order valence-corrected chi connectivity index (χ4v) is 4.00. The molecule has 7 heteroatoms. The maximum atomic E-state index is 4.33. The Hall–Kier alpha value is -0.510. The normalized spacial score (nSPS) is 18.5. The number of nitrogens with zero attached hydrogens (tertiary/aromatic N) is 3. The summed E-state index contributed by atoms with van der Waals surface area (Å²) in [6.07, 6.45) is 5.74. The first-order valence-corrected chi connectivity index (χ1v) is 11.5. The number of piperazine rings is 1. The van der Waals surface area contributed by atoms with Crippen molar-refractivity contribution < 1.29 is 0 Å². The average Bonchev–Trinajstić information content (AvgIpc) is 2.71. The zero-order chi connectivity index (χ0) is 19.3. The van der Waals surface area contributed by atoms with Crippen molar-refractivity contribution in [3.63, 3.8) is 0 Å². The van der Waals surface area contributed by atoms with E-state index in [2.05, 4.69) is 69.1 Å². The van der Waals surface area contributed by atoms with Gasteiger partial charge in [0.15, 0.2) is 5.96 Å². The molecule has 2 N–H and O–H groups in total. The number of hydrogen-bond acceptors (Lipinski definition) is 4.